The molecule has 2 aromatic carbocycles. The van der Waals surface area contributed by atoms with E-state index in [0.717, 1.165) is 61.6 Å². The van der Waals surface area contributed by atoms with Crippen molar-refractivity contribution in [1.29, 1.82) is 0 Å². The van der Waals surface area contributed by atoms with Gasteiger partial charge in [0.05, 0.1) is 25.3 Å². The van der Waals surface area contributed by atoms with Crippen LogP contribution in [0, 0.1) is 17.8 Å². The number of nitrogens with zero attached hydrogens (tertiary/aromatic N) is 2. The Kier molecular flexibility index (Phi) is 20.1. The Morgan fingerprint density at radius 1 is 0.935 bits per heavy atom. The molecule has 2 amide bonds. The predicted octanol–water partition coefficient (Wildman–Crippen LogP) is 10.2. The summed E-state index contributed by atoms with van der Waals surface area (Å²) in [4.78, 5) is 34.3. The van der Waals surface area contributed by atoms with Gasteiger partial charge in [-0.15, -0.1) is 6.58 Å². The van der Waals surface area contributed by atoms with Crippen molar-refractivity contribution in [2.24, 2.45) is 22.9 Å². The van der Waals surface area contributed by atoms with E-state index >= 15 is 0 Å². The Balaban J connectivity index is 1.50. The molecule has 342 valence electrons. The van der Waals surface area contributed by atoms with Crippen LogP contribution in [0.5, 0.6) is 11.5 Å². The highest BCUT2D eigenvalue weighted by Crippen LogP contribution is 2.61. The zero-order valence-corrected chi connectivity index (χ0v) is 37.6. The van der Waals surface area contributed by atoms with Gasteiger partial charge in [0.15, 0.2) is 0 Å². The minimum Gasteiger partial charge on any atom is -0.459 e. The second-order valence-corrected chi connectivity index (χ2v) is 17.1. The minimum absolute atomic E-state index is 0.0254. The molecule has 0 aromatic heterocycles. The topological polar surface area (TPSA) is 148 Å². The summed E-state index contributed by atoms with van der Waals surface area (Å²) in [7, 11) is 3.04. The summed E-state index contributed by atoms with van der Waals surface area (Å²) >= 11 is 0. The number of carbonyl (C=O) groups is 2. The normalized spacial score (nSPS) is 23.0. The number of allylic oxidation sites excluding steroid dienone is 1. The van der Waals surface area contributed by atoms with Gasteiger partial charge in [-0.2, -0.15) is 0 Å². The first-order chi connectivity index (χ1) is 30.3. The van der Waals surface area contributed by atoms with Gasteiger partial charge in [0.2, 0.25) is 5.79 Å². The summed E-state index contributed by atoms with van der Waals surface area (Å²) in [6.45, 7) is 7.33. The zero-order valence-electron chi connectivity index (χ0n) is 37.6. The molecule has 0 bridgehead atoms. The third-order valence-corrected chi connectivity index (χ3v) is 12.8. The highest BCUT2D eigenvalue weighted by molar-refractivity contribution is 6.03. The van der Waals surface area contributed by atoms with Gasteiger partial charge in [-0.3, -0.25) is 0 Å². The summed E-state index contributed by atoms with van der Waals surface area (Å²) in [6, 6.07) is 14.6. The Labute approximate surface area is 370 Å². The Bertz CT molecular complexity index is 1750. The molecule has 3 N–H and O–H groups in total. The van der Waals surface area contributed by atoms with Gasteiger partial charge >= 0.3 is 12.2 Å². The monoisotopic (exact) mass is 860 g/mol. The van der Waals surface area contributed by atoms with Gasteiger partial charge < -0.3 is 44.2 Å². The van der Waals surface area contributed by atoms with Crippen molar-refractivity contribution < 1.29 is 43.6 Å². The molecule has 6 atom stereocenters. The average molecular weight is 860 g/mol. The van der Waals surface area contributed by atoms with E-state index in [1.165, 1.54) is 57.0 Å². The molecule has 2 aromatic rings. The molecule has 2 aliphatic carbocycles. The fourth-order valence-corrected chi connectivity index (χ4v) is 9.77. The molecule has 1 aliphatic heterocycles. The molecule has 1 fully saturated rings. The second-order valence-electron chi connectivity index (χ2n) is 17.1. The molecule has 1 saturated carbocycles. The van der Waals surface area contributed by atoms with E-state index in [4.69, 9.17) is 28.9 Å². The number of carbonyl (C=O) groups excluding carboxylic acids is 2. The van der Waals surface area contributed by atoms with E-state index in [2.05, 4.69) is 24.9 Å². The lowest BCUT2D eigenvalue weighted by atomic mass is 9.55. The summed E-state index contributed by atoms with van der Waals surface area (Å²) in [5.74, 6) is -1.10. The second kappa shape index (κ2) is 25.7. The van der Waals surface area contributed by atoms with Gasteiger partial charge in [0, 0.05) is 44.7 Å². The lowest BCUT2D eigenvalue weighted by molar-refractivity contribution is -0.253. The van der Waals surface area contributed by atoms with Gasteiger partial charge in [-0.05, 0) is 73.3 Å². The van der Waals surface area contributed by atoms with Gasteiger partial charge in [-0.25, -0.2) is 9.59 Å². The molecule has 0 radical (unpaired) electrons. The van der Waals surface area contributed by atoms with Gasteiger partial charge in [0.25, 0.3) is 0 Å². The third-order valence-electron chi connectivity index (χ3n) is 12.8. The van der Waals surface area contributed by atoms with E-state index in [1.54, 1.807) is 19.2 Å². The van der Waals surface area contributed by atoms with E-state index in [1.807, 2.05) is 42.5 Å². The molecule has 6 unspecified atom stereocenters. The molecule has 12 nitrogen and oxygen atoms in total. The lowest BCUT2D eigenvalue weighted by Gasteiger charge is -2.59. The summed E-state index contributed by atoms with van der Waals surface area (Å²) in [5, 5.41) is 27.5. The van der Waals surface area contributed by atoms with E-state index in [0.29, 0.717) is 36.6 Å². The Morgan fingerprint density at radius 2 is 1.63 bits per heavy atom. The maximum atomic E-state index is 13.5. The number of benzene rings is 2. The van der Waals surface area contributed by atoms with Crippen LogP contribution >= 0.6 is 0 Å². The van der Waals surface area contributed by atoms with Crippen molar-refractivity contribution in [3.05, 3.63) is 84.0 Å². The number of fused-ring (bicyclic) bond motifs is 2. The molecule has 0 saturated heterocycles. The Morgan fingerprint density at radius 3 is 2.31 bits per heavy atom. The number of oxime groups is 1. The number of aliphatic hydroxyl groups excluding tert-OH is 2. The lowest BCUT2D eigenvalue weighted by Crippen LogP contribution is -2.69. The van der Waals surface area contributed by atoms with Crippen LogP contribution in [0.2, 0.25) is 0 Å². The minimum atomic E-state index is -1.40. The summed E-state index contributed by atoms with van der Waals surface area (Å²) in [6.07, 6.45) is 19.8. The number of aliphatic hydroxyl groups is 2. The van der Waals surface area contributed by atoms with Gasteiger partial charge in [-0.1, -0.05) is 125 Å². The van der Waals surface area contributed by atoms with Crippen LogP contribution in [0.25, 0.3) is 0 Å². The Hall–Kier alpha value is -4.39. The third kappa shape index (κ3) is 12.8. The molecule has 12 heteroatoms. The molecular formula is C50H73N3O9. The van der Waals surface area contributed by atoms with E-state index in [9.17, 15) is 19.8 Å². The SMILES string of the molecule is C=CCOC12Oc3ccc(OC(=O)NCCCCCCCCCCCC)cc3C3C(CCCCO)C(CCCCO)C=C(C(=NOCc4ccccc4)CC1N(C)C(=O)OC)C32. The molecule has 62 heavy (non-hydrogen) atoms. The maximum absolute atomic E-state index is 13.5. The van der Waals surface area contributed by atoms with Crippen LogP contribution in [-0.2, 0) is 20.9 Å². The number of likely N-dealkylation sites (N-methyl/N-ethyl adjacent to an activating group) is 1. The number of rotatable bonds is 27. The van der Waals surface area contributed by atoms with E-state index in [-0.39, 0.29) is 50.6 Å². The number of hydrogen-bond acceptors (Lipinski definition) is 10. The molecule has 1 heterocycles. The quantitative estimate of drug-likeness (QED) is 0.0454. The number of amides is 2. The van der Waals surface area contributed by atoms with E-state index < -0.39 is 29.9 Å². The highest BCUT2D eigenvalue weighted by atomic mass is 16.7. The van der Waals surface area contributed by atoms with Crippen molar-refractivity contribution in [1.82, 2.24) is 10.2 Å². The summed E-state index contributed by atoms with van der Waals surface area (Å²) < 4.78 is 25.3. The van der Waals surface area contributed by atoms with Crippen LogP contribution in [0.1, 0.15) is 133 Å². The number of unbranched alkanes of at least 4 members (excludes halogenated alkanes) is 11. The maximum Gasteiger partial charge on any atom is 0.412 e. The summed E-state index contributed by atoms with van der Waals surface area (Å²) in [5.41, 5.74) is 3.43. The number of ether oxygens (including phenoxy) is 4. The van der Waals surface area contributed by atoms with Gasteiger partial charge in [0.1, 0.15) is 24.1 Å². The van der Waals surface area contributed by atoms with Crippen LogP contribution in [0.4, 0.5) is 9.59 Å². The van der Waals surface area contributed by atoms with Crippen LogP contribution in [-0.4, -0.2) is 85.4 Å². The molecule has 5 rings (SSSR count). The molecule has 0 spiro atoms. The van der Waals surface area contributed by atoms with Crippen molar-refractivity contribution in [2.45, 2.75) is 140 Å². The molecular weight excluding hydrogens is 787 g/mol. The highest BCUT2D eigenvalue weighted by Gasteiger charge is 2.65. The average Bonchev–Trinajstić information content (AvgIpc) is 3.28. The standard InChI is InChI=1S/C50H73N3O9/c1-5-7-8-9-10-11-12-13-14-20-29-51-48(56)61-39-27-28-44-42(34-39)46-40(26-19-22-31-55)38(25-18-21-30-54)33-41-43(52-60-36-37-23-16-15-17-24-37)35-45(53(3)49(57)58-4)50(62-44,47(41)46)59-32-6-2/h6,15-17,23-24,27-28,33-34,38,40,45-47,54-55H,2,5,7-14,18-22,25-26,29-32,35-36H2,1,3-4H3,(H,51,56). The number of methoxy groups -OCH3 is 1. The first-order valence-corrected chi connectivity index (χ1v) is 23.3. The zero-order chi connectivity index (χ0) is 44.2. The van der Waals surface area contributed by atoms with Crippen molar-refractivity contribution in [2.75, 3.05) is 40.5 Å². The fraction of sp³-hybridized carbons (Fsp3) is 0.620. The fourth-order valence-electron chi connectivity index (χ4n) is 9.77. The smallest absolute Gasteiger partial charge is 0.412 e. The number of hydrogen-bond donors (Lipinski definition) is 3. The largest absolute Gasteiger partial charge is 0.459 e. The predicted molar refractivity (Wildman–Crippen MR) is 242 cm³/mol. The van der Waals surface area contributed by atoms with Crippen molar-refractivity contribution >= 4 is 17.9 Å². The molecule has 3 aliphatic rings. The number of nitrogens with one attached hydrogen (secondary N) is 1. The van der Waals surface area contributed by atoms with Crippen molar-refractivity contribution in [3.8, 4) is 11.5 Å². The van der Waals surface area contributed by atoms with Crippen LogP contribution in [0.15, 0.2) is 78.0 Å². The first-order valence-electron chi connectivity index (χ1n) is 23.3. The van der Waals surface area contributed by atoms with Crippen molar-refractivity contribution in [3.63, 3.8) is 0 Å². The van der Waals surface area contributed by atoms with Crippen LogP contribution < -0.4 is 14.8 Å². The first kappa shape index (κ1) is 48.6. The van der Waals surface area contributed by atoms with Crippen LogP contribution in [0.3, 0.4) is 0 Å².